The van der Waals surface area contributed by atoms with Crippen molar-refractivity contribution in [3.8, 4) is 0 Å². The molecule has 2 atom stereocenters. The van der Waals surface area contributed by atoms with Crippen molar-refractivity contribution in [3.05, 3.63) is 11.7 Å². The number of nitrogens with one attached hydrogen (secondary N) is 1. The van der Waals surface area contributed by atoms with Crippen LogP contribution in [0.3, 0.4) is 0 Å². The Kier molecular flexibility index (Phi) is 4.99. The first kappa shape index (κ1) is 14.4. The number of hydrogen-bond acceptors (Lipinski definition) is 5. The van der Waals surface area contributed by atoms with Crippen LogP contribution in [0.4, 0.5) is 0 Å². The van der Waals surface area contributed by atoms with E-state index < -0.39 is 0 Å². The lowest BCUT2D eigenvalue weighted by molar-refractivity contribution is 0.294. The molecule has 2 unspecified atom stereocenters. The van der Waals surface area contributed by atoms with E-state index in [9.17, 15) is 0 Å². The third-order valence-corrected chi connectivity index (χ3v) is 5.82. The molecule has 3 rings (SSSR count). The van der Waals surface area contributed by atoms with Gasteiger partial charge in [-0.15, -0.1) is 0 Å². The quantitative estimate of drug-likeness (QED) is 0.921. The lowest BCUT2D eigenvalue weighted by atomic mass is 9.93. The van der Waals surface area contributed by atoms with Crippen molar-refractivity contribution in [1.82, 2.24) is 15.5 Å². The molecule has 112 valence electrons. The van der Waals surface area contributed by atoms with Gasteiger partial charge in [0, 0.05) is 17.2 Å². The van der Waals surface area contributed by atoms with Crippen LogP contribution in [0.25, 0.3) is 0 Å². The van der Waals surface area contributed by atoms with Crippen LogP contribution < -0.4 is 5.32 Å². The standard InChI is InChI=1S/C15H25N3OS/c1-11-9-12(7-8-16-11)15-17-14(18-19-15)10-20-13-5-3-2-4-6-13/h11-13,16H,2-10H2,1H3. The SMILES string of the molecule is CC1CC(c2nc(CSC3CCCCC3)no2)CCN1. The topological polar surface area (TPSA) is 51.0 Å². The molecule has 5 heteroatoms. The number of rotatable bonds is 4. The van der Waals surface area contributed by atoms with E-state index in [1.807, 2.05) is 11.8 Å². The molecule has 1 saturated carbocycles. The lowest BCUT2D eigenvalue weighted by Gasteiger charge is -2.25. The highest BCUT2D eigenvalue weighted by Crippen LogP contribution is 2.31. The van der Waals surface area contributed by atoms with Gasteiger partial charge in [-0.2, -0.15) is 16.7 Å². The fourth-order valence-electron chi connectivity index (χ4n) is 3.27. The molecule has 1 N–H and O–H groups in total. The zero-order chi connectivity index (χ0) is 13.8. The Hall–Kier alpha value is -0.550. The van der Waals surface area contributed by atoms with Gasteiger partial charge in [0.1, 0.15) is 0 Å². The first-order valence-electron chi connectivity index (χ1n) is 7.98. The minimum Gasteiger partial charge on any atom is -0.339 e. The minimum atomic E-state index is 0.451. The van der Waals surface area contributed by atoms with E-state index in [0.29, 0.717) is 12.0 Å². The number of thioether (sulfide) groups is 1. The van der Waals surface area contributed by atoms with Gasteiger partial charge in [-0.1, -0.05) is 24.4 Å². The molecule has 1 aromatic heterocycles. The fraction of sp³-hybridized carbons (Fsp3) is 0.867. The van der Waals surface area contributed by atoms with Gasteiger partial charge in [0.25, 0.3) is 0 Å². The molecule has 2 heterocycles. The molecular weight excluding hydrogens is 270 g/mol. The first-order valence-corrected chi connectivity index (χ1v) is 9.03. The summed E-state index contributed by atoms with van der Waals surface area (Å²) >= 11 is 2.01. The number of aromatic nitrogens is 2. The zero-order valence-electron chi connectivity index (χ0n) is 12.3. The van der Waals surface area contributed by atoms with Gasteiger partial charge in [-0.25, -0.2) is 0 Å². The highest BCUT2D eigenvalue weighted by atomic mass is 32.2. The predicted molar refractivity (Wildman–Crippen MR) is 81.9 cm³/mol. The molecule has 0 amide bonds. The molecule has 0 spiro atoms. The second-order valence-corrected chi connectivity index (χ2v) is 7.49. The van der Waals surface area contributed by atoms with Crippen LogP contribution in [-0.2, 0) is 5.75 Å². The molecule has 1 saturated heterocycles. The summed E-state index contributed by atoms with van der Waals surface area (Å²) in [6.45, 7) is 3.28. The summed E-state index contributed by atoms with van der Waals surface area (Å²) in [6.07, 6.45) is 9.14. The highest BCUT2D eigenvalue weighted by Gasteiger charge is 2.25. The average Bonchev–Trinajstić information content (AvgIpc) is 2.95. The van der Waals surface area contributed by atoms with E-state index in [4.69, 9.17) is 4.52 Å². The third-order valence-electron chi connectivity index (χ3n) is 4.46. The van der Waals surface area contributed by atoms with E-state index in [-0.39, 0.29) is 0 Å². The van der Waals surface area contributed by atoms with E-state index in [0.717, 1.165) is 42.1 Å². The Balaban J connectivity index is 1.51. The molecule has 0 radical (unpaired) electrons. The summed E-state index contributed by atoms with van der Waals surface area (Å²) in [7, 11) is 0. The molecule has 2 fully saturated rings. The summed E-state index contributed by atoms with van der Waals surface area (Å²) in [5, 5.41) is 8.45. The monoisotopic (exact) mass is 295 g/mol. The maximum atomic E-state index is 5.49. The van der Waals surface area contributed by atoms with Crippen LogP contribution in [0.2, 0.25) is 0 Å². The van der Waals surface area contributed by atoms with Gasteiger partial charge in [0.2, 0.25) is 5.89 Å². The lowest BCUT2D eigenvalue weighted by Crippen LogP contribution is -2.34. The molecule has 1 aliphatic heterocycles. The van der Waals surface area contributed by atoms with Crippen molar-refractivity contribution < 1.29 is 4.52 Å². The van der Waals surface area contributed by atoms with Gasteiger partial charge < -0.3 is 9.84 Å². The minimum absolute atomic E-state index is 0.451. The summed E-state index contributed by atoms with van der Waals surface area (Å²) < 4.78 is 5.49. The summed E-state index contributed by atoms with van der Waals surface area (Å²) in [6, 6.07) is 0.556. The van der Waals surface area contributed by atoms with E-state index in [1.165, 1.54) is 32.1 Å². The Morgan fingerprint density at radius 3 is 2.90 bits per heavy atom. The molecule has 1 aromatic rings. The summed E-state index contributed by atoms with van der Waals surface area (Å²) in [5.74, 6) is 3.11. The smallest absolute Gasteiger partial charge is 0.229 e. The molecule has 1 aliphatic carbocycles. The van der Waals surface area contributed by atoms with Crippen LogP contribution in [0.5, 0.6) is 0 Å². The Morgan fingerprint density at radius 2 is 2.10 bits per heavy atom. The third kappa shape index (κ3) is 3.76. The number of nitrogens with zero attached hydrogens (tertiary/aromatic N) is 2. The first-order chi connectivity index (χ1) is 9.81. The van der Waals surface area contributed by atoms with Crippen LogP contribution in [0.15, 0.2) is 4.52 Å². The second kappa shape index (κ2) is 6.94. The molecular formula is C15H25N3OS. The number of hydrogen-bond donors (Lipinski definition) is 1. The Bertz CT molecular complexity index is 417. The molecule has 0 aromatic carbocycles. The number of piperidine rings is 1. The van der Waals surface area contributed by atoms with Crippen molar-refractivity contribution in [3.63, 3.8) is 0 Å². The van der Waals surface area contributed by atoms with Crippen molar-refractivity contribution in [2.24, 2.45) is 0 Å². The molecule has 0 bridgehead atoms. The van der Waals surface area contributed by atoms with Crippen molar-refractivity contribution in [2.45, 2.75) is 74.8 Å². The zero-order valence-corrected chi connectivity index (χ0v) is 13.1. The van der Waals surface area contributed by atoms with Crippen LogP contribution >= 0.6 is 11.8 Å². The maximum absolute atomic E-state index is 5.49. The second-order valence-electron chi connectivity index (χ2n) is 6.20. The summed E-state index contributed by atoms with van der Waals surface area (Å²) in [5.41, 5.74) is 0. The van der Waals surface area contributed by atoms with Gasteiger partial charge >= 0.3 is 0 Å². The van der Waals surface area contributed by atoms with E-state index in [1.54, 1.807) is 0 Å². The van der Waals surface area contributed by atoms with Crippen LogP contribution in [0.1, 0.15) is 69.5 Å². The Morgan fingerprint density at radius 1 is 1.25 bits per heavy atom. The van der Waals surface area contributed by atoms with Gasteiger partial charge in [-0.3, -0.25) is 0 Å². The average molecular weight is 295 g/mol. The largest absolute Gasteiger partial charge is 0.339 e. The van der Waals surface area contributed by atoms with Gasteiger partial charge in [-0.05, 0) is 39.2 Å². The normalized spacial score (nSPS) is 28.6. The van der Waals surface area contributed by atoms with Crippen molar-refractivity contribution in [1.29, 1.82) is 0 Å². The van der Waals surface area contributed by atoms with Gasteiger partial charge in [0.15, 0.2) is 5.82 Å². The maximum Gasteiger partial charge on any atom is 0.229 e. The summed E-state index contributed by atoms with van der Waals surface area (Å²) in [4.78, 5) is 4.63. The van der Waals surface area contributed by atoms with Crippen LogP contribution in [0, 0.1) is 0 Å². The fourth-order valence-corrected chi connectivity index (χ4v) is 4.44. The molecule has 4 nitrogen and oxygen atoms in total. The predicted octanol–water partition coefficient (Wildman–Crippen LogP) is 3.49. The van der Waals surface area contributed by atoms with Crippen molar-refractivity contribution in [2.75, 3.05) is 6.54 Å². The van der Waals surface area contributed by atoms with Crippen molar-refractivity contribution >= 4 is 11.8 Å². The molecule has 2 aliphatic rings. The van der Waals surface area contributed by atoms with E-state index in [2.05, 4.69) is 22.4 Å². The highest BCUT2D eigenvalue weighted by molar-refractivity contribution is 7.99. The van der Waals surface area contributed by atoms with E-state index >= 15 is 0 Å². The van der Waals surface area contributed by atoms with Crippen LogP contribution in [-0.4, -0.2) is 28.0 Å². The Labute approximate surface area is 125 Å². The molecule has 20 heavy (non-hydrogen) atoms. The van der Waals surface area contributed by atoms with Gasteiger partial charge in [0.05, 0.1) is 5.75 Å².